The zero-order valence-corrected chi connectivity index (χ0v) is 16.5. The number of carbonyl (C=O) groups is 3. The van der Waals surface area contributed by atoms with Gasteiger partial charge in [0.25, 0.3) is 11.8 Å². The number of fused-ring (bicyclic) bond motifs is 2. The summed E-state index contributed by atoms with van der Waals surface area (Å²) >= 11 is 0. The van der Waals surface area contributed by atoms with E-state index in [0.717, 1.165) is 54.3 Å². The number of nitrogens with one attached hydrogen (secondary N) is 1. The first kappa shape index (κ1) is 19.8. The van der Waals surface area contributed by atoms with Crippen LogP contribution in [-0.2, 0) is 22.4 Å². The molecule has 0 saturated heterocycles. The number of aryl methyl sites for hydroxylation is 1. The number of imide groups is 1. The third-order valence-electron chi connectivity index (χ3n) is 5.25. The van der Waals surface area contributed by atoms with E-state index in [9.17, 15) is 14.4 Å². The highest BCUT2D eigenvalue weighted by molar-refractivity contribution is 6.07. The van der Waals surface area contributed by atoms with E-state index in [2.05, 4.69) is 5.32 Å². The Hall–Kier alpha value is -3.54. The van der Waals surface area contributed by atoms with Crippen LogP contribution in [-0.4, -0.2) is 29.4 Å². The highest BCUT2D eigenvalue weighted by atomic mass is 16.5. The minimum Gasteiger partial charge on any atom is -0.452 e. The highest BCUT2D eigenvalue weighted by Crippen LogP contribution is 2.29. The first-order valence-electron chi connectivity index (χ1n) is 10.1. The molecule has 6 heteroatoms. The van der Waals surface area contributed by atoms with Crippen LogP contribution in [0, 0.1) is 0 Å². The SMILES string of the molecule is O=C(COC(=O)c1c2c(nc3ccccc13)CCCCC2)NC(=O)c1ccccc1. The first-order chi connectivity index (χ1) is 14.6. The normalized spacial score (nSPS) is 13.2. The number of benzene rings is 2. The topological polar surface area (TPSA) is 85.4 Å². The Morgan fingerprint density at radius 3 is 2.47 bits per heavy atom. The van der Waals surface area contributed by atoms with Gasteiger partial charge in [-0.25, -0.2) is 4.79 Å². The maximum Gasteiger partial charge on any atom is 0.339 e. The van der Waals surface area contributed by atoms with Gasteiger partial charge < -0.3 is 4.74 Å². The maximum atomic E-state index is 13.0. The molecule has 0 atom stereocenters. The Bertz CT molecular complexity index is 1110. The monoisotopic (exact) mass is 402 g/mol. The van der Waals surface area contributed by atoms with Crippen molar-refractivity contribution in [2.45, 2.75) is 32.1 Å². The highest BCUT2D eigenvalue weighted by Gasteiger charge is 2.23. The third kappa shape index (κ3) is 4.22. The van der Waals surface area contributed by atoms with E-state index >= 15 is 0 Å². The smallest absolute Gasteiger partial charge is 0.339 e. The summed E-state index contributed by atoms with van der Waals surface area (Å²) in [6, 6.07) is 15.9. The molecule has 0 radical (unpaired) electrons. The summed E-state index contributed by atoms with van der Waals surface area (Å²) in [4.78, 5) is 42.0. The van der Waals surface area contributed by atoms with Gasteiger partial charge in [-0.05, 0) is 49.4 Å². The van der Waals surface area contributed by atoms with Crippen molar-refractivity contribution in [1.82, 2.24) is 10.3 Å². The molecule has 1 N–H and O–H groups in total. The van der Waals surface area contributed by atoms with Crippen molar-refractivity contribution in [1.29, 1.82) is 0 Å². The number of aromatic nitrogens is 1. The predicted octanol–water partition coefficient (Wildman–Crippen LogP) is 3.62. The standard InChI is InChI=1S/C24H22N2O4/c27-21(26-23(28)16-9-3-1-4-10-16)15-30-24(29)22-17-11-5-2-6-13-19(17)25-20-14-8-7-12-18(20)22/h1,3-4,7-10,12,14H,2,5-6,11,13,15H2,(H,26,27,28). The van der Waals surface area contributed by atoms with Gasteiger partial charge in [-0.3, -0.25) is 19.9 Å². The summed E-state index contributed by atoms with van der Waals surface area (Å²) in [5.74, 6) is -1.75. The van der Waals surface area contributed by atoms with E-state index in [1.54, 1.807) is 30.3 Å². The fraction of sp³-hybridized carbons (Fsp3) is 0.250. The number of para-hydroxylation sites is 1. The summed E-state index contributed by atoms with van der Waals surface area (Å²) in [6.07, 6.45) is 4.70. The van der Waals surface area contributed by atoms with Gasteiger partial charge in [0.15, 0.2) is 6.61 Å². The number of ether oxygens (including phenoxy) is 1. The lowest BCUT2D eigenvalue weighted by molar-refractivity contribution is -0.123. The van der Waals surface area contributed by atoms with Crippen molar-refractivity contribution in [3.63, 3.8) is 0 Å². The molecule has 0 unspecified atom stereocenters. The first-order valence-corrected chi connectivity index (χ1v) is 10.1. The van der Waals surface area contributed by atoms with Crippen LogP contribution < -0.4 is 5.32 Å². The molecule has 0 bridgehead atoms. The Morgan fingerprint density at radius 1 is 0.900 bits per heavy atom. The average Bonchev–Trinajstić information content (AvgIpc) is 3.01. The van der Waals surface area contributed by atoms with Crippen molar-refractivity contribution in [3.05, 3.63) is 77.0 Å². The zero-order chi connectivity index (χ0) is 20.9. The Labute approximate surface area is 174 Å². The van der Waals surface area contributed by atoms with E-state index in [1.807, 2.05) is 24.3 Å². The van der Waals surface area contributed by atoms with Gasteiger partial charge in [0, 0.05) is 16.6 Å². The summed E-state index contributed by atoms with van der Waals surface area (Å²) in [5.41, 5.74) is 3.44. The van der Waals surface area contributed by atoms with Crippen LogP contribution in [0.25, 0.3) is 10.9 Å². The van der Waals surface area contributed by atoms with Gasteiger partial charge in [-0.2, -0.15) is 0 Å². The summed E-state index contributed by atoms with van der Waals surface area (Å²) in [5, 5.41) is 2.97. The van der Waals surface area contributed by atoms with Crippen molar-refractivity contribution in [2.75, 3.05) is 6.61 Å². The molecule has 1 heterocycles. The molecule has 30 heavy (non-hydrogen) atoms. The maximum absolute atomic E-state index is 13.0. The second-order valence-corrected chi connectivity index (χ2v) is 7.31. The van der Waals surface area contributed by atoms with Gasteiger partial charge >= 0.3 is 5.97 Å². The molecule has 1 aromatic heterocycles. The number of hydrogen-bond acceptors (Lipinski definition) is 5. The summed E-state index contributed by atoms with van der Waals surface area (Å²) in [7, 11) is 0. The van der Waals surface area contributed by atoms with Gasteiger partial charge in [0.2, 0.25) is 0 Å². The lowest BCUT2D eigenvalue weighted by atomic mass is 9.97. The minimum atomic E-state index is -0.665. The predicted molar refractivity (Wildman–Crippen MR) is 112 cm³/mol. The van der Waals surface area contributed by atoms with Crippen LogP contribution in [0.4, 0.5) is 0 Å². The molecular formula is C24H22N2O4. The second-order valence-electron chi connectivity index (χ2n) is 7.31. The van der Waals surface area contributed by atoms with Crippen LogP contribution in [0.5, 0.6) is 0 Å². The summed E-state index contributed by atoms with van der Waals surface area (Å²) in [6.45, 7) is -0.525. The van der Waals surface area contributed by atoms with Gasteiger partial charge in [0.05, 0.1) is 11.1 Å². The van der Waals surface area contributed by atoms with Crippen molar-refractivity contribution >= 4 is 28.7 Å². The van der Waals surface area contributed by atoms with Crippen molar-refractivity contribution in [3.8, 4) is 0 Å². The van der Waals surface area contributed by atoms with Gasteiger partial charge in [0.1, 0.15) is 0 Å². The molecule has 0 saturated carbocycles. The minimum absolute atomic E-state index is 0.364. The number of rotatable bonds is 4. The molecule has 152 valence electrons. The second kappa shape index (κ2) is 8.86. The zero-order valence-electron chi connectivity index (χ0n) is 16.5. The Morgan fingerprint density at radius 2 is 1.63 bits per heavy atom. The van der Waals surface area contributed by atoms with Crippen LogP contribution >= 0.6 is 0 Å². The lowest BCUT2D eigenvalue weighted by Crippen LogP contribution is -2.34. The fourth-order valence-corrected chi connectivity index (χ4v) is 3.81. The lowest BCUT2D eigenvalue weighted by Gasteiger charge is -2.14. The largest absolute Gasteiger partial charge is 0.452 e. The van der Waals surface area contributed by atoms with E-state index in [0.29, 0.717) is 11.1 Å². The number of hydrogen-bond donors (Lipinski definition) is 1. The third-order valence-corrected chi connectivity index (χ3v) is 5.25. The van der Waals surface area contributed by atoms with Crippen LogP contribution in [0.1, 0.15) is 51.2 Å². The van der Waals surface area contributed by atoms with E-state index in [1.165, 1.54) is 0 Å². The van der Waals surface area contributed by atoms with Gasteiger partial charge in [-0.15, -0.1) is 0 Å². The van der Waals surface area contributed by atoms with Gasteiger partial charge in [-0.1, -0.05) is 42.8 Å². The Kier molecular flexibility index (Phi) is 5.84. The number of carbonyl (C=O) groups excluding carboxylic acids is 3. The molecule has 1 aliphatic rings. The molecule has 4 rings (SSSR count). The van der Waals surface area contributed by atoms with E-state index < -0.39 is 24.4 Å². The molecular weight excluding hydrogens is 380 g/mol. The van der Waals surface area contributed by atoms with Crippen LogP contribution in [0.3, 0.4) is 0 Å². The van der Waals surface area contributed by atoms with Crippen LogP contribution in [0.2, 0.25) is 0 Å². The van der Waals surface area contributed by atoms with Crippen molar-refractivity contribution < 1.29 is 19.1 Å². The molecule has 0 fully saturated rings. The molecule has 0 spiro atoms. The molecule has 3 aromatic rings. The van der Waals surface area contributed by atoms with E-state index in [-0.39, 0.29) is 0 Å². The van der Waals surface area contributed by atoms with Crippen LogP contribution in [0.15, 0.2) is 54.6 Å². The molecule has 2 aromatic carbocycles. The average molecular weight is 402 g/mol. The number of pyridine rings is 1. The molecule has 1 aliphatic carbocycles. The number of amides is 2. The number of nitrogens with zero attached hydrogens (tertiary/aromatic N) is 1. The summed E-state index contributed by atoms with van der Waals surface area (Å²) < 4.78 is 5.31. The molecule has 6 nitrogen and oxygen atoms in total. The quantitative estimate of drug-likeness (QED) is 0.532. The number of esters is 1. The van der Waals surface area contributed by atoms with E-state index in [4.69, 9.17) is 9.72 Å². The fourth-order valence-electron chi connectivity index (χ4n) is 3.81. The van der Waals surface area contributed by atoms with Crippen molar-refractivity contribution in [2.24, 2.45) is 0 Å². The molecule has 0 aliphatic heterocycles. The Balaban J connectivity index is 1.52. The molecule has 2 amide bonds.